The van der Waals surface area contributed by atoms with Gasteiger partial charge in [-0.25, -0.2) is 4.98 Å². The Kier molecular flexibility index (Phi) is 4.54. The molecule has 0 radical (unpaired) electrons. The molecule has 0 saturated heterocycles. The van der Waals surface area contributed by atoms with Crippen LogP contribution in [0.3, 0.4) is 0 Å². The van der Waals surface area contributed by atoms with Crippen molar-refractivity contribution in [3.05, 3.63) is 29.1 Å². The SMILES string of the molecule is Cc1nc(C(F)(F)F)ccc1C(=O)NC1CCCCC1C. The first-order chi connectivity index (χ1) is 9.79. The lowest BCUT2D eigenvalue weighted by molar-refractivity contribution is -0.141. The standard InChI is InChI=1S/C15H19F3N2O/c1-9-5-3-4-6-12(9)20-14(21)11-7-8-13(15(16,17)18)19-10(11)2/h7-9,12H,3-6H2,1-2H3,(H,20,21). The highest BCUT2D eigenvalue weighted by Gasteiger charge is 2.33. The molecule has 1 aliphatic carbocycles. The van der Waals surface area contributed by atoms with E-state index in [1.165, 1.54) is 13.0 Å². The van der Waals surface area contributed by atoms with Crippen molar-refractivity contribution in [2.45, 2.75) is 51.7 Å². The third-order valence-electron chi connectivity index (χ3n) is 4.05. The fourth-order valence-corrected chi connectivity index (χ4v) is 2.74. The van der Waals surface area contributed by atoms with Crippen LogP contribution in [0, 0.1) is 12.8 Å². The number of nitrogens with one attached hydrogen (secondary N) is 1. The lowest BCUT2D eigenvalue weighted by atomic mass is 9.86. The fraction of sp³-hybridized carbons (Fsp3) is 0.600. The van der Waals surface area contributed by atoms with Crippen LogP contribution in [0.15, 0.2) is 12.1 Å². The molecule has 1 saturated carbocycles. The second kappa shape index (κ2) is 6.03. The van der Waals surface area contributed by atoms with Crippen molar-refractivity contribution in [3.8, 4) is 0 Å². The first kappa shape index (κ1) is 15.8. The van der Waals surface area contributed by atoms with E-state index in [1.807, 2.05) is 0 Å². The number of alkyl halides is 3. The average Bonchev–Trinajstić information content (AvgIpc) is 2.40. The molecule has 1 aromatic rings. The van der Waals surface area contributed by atoms with E-state index in [4.69, 9.17) is 0 Å². The summed E-state index contributed by atoms with van der Waals surface area (Å²) in [6, 6.07) is 2.15. The lowest BCUT2D eigenvalue weighted by Gasteiger charge is -2.29. The monoisotopic (exact) mass is 300 g/mol. The number of carbonyl (C=O) groups excluding carboxylic acids is 1. The minimum Gasteiger partial charge on any atom is -0.349 e. The number of rotatable bonds is 2. The van der Waals surface area contributed by atoms with E-state index < -0.39 is 11.9 Å². The summed E-state index contributed by atoms with van der Waals surface area (Å²) in [5.41, 5.74) is -0.658. The molecule has 0 bridgehead atoms. The van der Waals surface area contributed by atoms with E-state index in [2.05, 4.69) is 17.2 Å². The summed E-state index contributed by atoms with van der Waals surface area (Å²) in [7, 11) is 0. The van der Waals surface area contributed by atoms with Gasteiger partial charge >= 0.3 is 6.18 Å². The predicted molar refractivity (Wildman–Crippen MR) is 72.9 cm³/mol. The molecule has 1 N–H and O–H groups in total. The van der Waals surface area contributed by atoms with Gasteiger partial charge in [0.15, 0.2) is 0 Å². The minimum absolute atomic E-state index is 0.0907. The molecule has 2 atom stereocenters. The van der Waals surface area contributed by atoms with Crippen molar-refractivity contribution in [1.29, 1.82) is 0 Å². The number of pyridine rings is 1. The van der Waals surface area contributed by atoms with Gasteiger partial charge in [-0.2, -0.15) is 13.2 Å². The fourth-order valence-electron chi connectivity index (χ4n) is 2.74. The maximum absolute atomic E-state index is 12.6. The van der Waals surface area contributed by atoms with Crippen molar-refractivity contribution in [2.75, 3.05) is 0 Å². The van der Waals surface area contributed by atoms with Gasteiger partial charge in [-0.1, -0.05) is 19.8 Å². The maximum Gasteiger partial charge on any atom is 0.433 e. The van der Waals surface area contributed by atoms with Crippen molar-refractivity contribution in [1.82, 2.24) is 10.3 Å². The van der Waals surface area contributed by atoms with Crippen LogP contribution in [-0.2, 0) is 6.18 Å². The van der Waals surface area contributed by atoms with E-state index >= 15 is 0 Å². The normalized spacial score (nSPS) is 22.9. The number of carbonyl (C=O) groups is 1. The zero-order valence-corrected chi connectivity index (χ0v) is 12.1. The van der Waals surface area contributed by atoms with Gasteiger partial charge in [0, 0.05) is 6.04 Å². The highest BCUT2D eigenvalue weighted by Crippen LogP contribution is 2.28. The summed E-state index contributed by atoms with van der Waals surface area (Å²) in [6.07, 6.45) is -0.277. The van der Waals surface area contributed by atoms with Gasteiger partial charge in [-0.3, -0.25) is 4.79 Å². The van der Waals surface area contributed by atoms with Crippen molar-refractivity contribution >= 4 is 5.91 Å². The Labute approximate surface area is 122 Å². The zero-order valence-electron chi connectivity index (χ0n) is 12.1. The molecule has 21 heavy (non-hydrogen) atoms. The Balaban J connectivity index is 2.12. The molecule has 2 unspecified atom stereocenters. The summed E-state index contributed by atoms with van der Waals surface area (Å²) in [4.78, 5) is 15.7. The van der Waals surface area contributed by atoms with Gasteiger partial charge < -0.3 is 5.32 Å². The molecule has 2 rings (SSSR count). The van der Waals surface area contributed by atoms with Crippen molar-refractivity contribution < 1.29 is 18.0 Å². The molecule has 1 amide bonds. The van der Waals surface area contributed by atoms with Gasteiger partial charge in [-0.05, 0) is 37.8 Å². The first-order valence-corrected chi connectivity index (χ1v) is 7.14. The van der Waals surface area contributed by atoms with Gasteiger partial charge in [0.2, 0.25) is 0 Å². The number of amides is 1. The van der Waals surface area contributed by atoms with Crippen LogP contribution in [0.1, 0.15) is 54.4 Å². The number of aromatic nitrogens is 1. The largest absolute Gasteiger partial charge is 0.433 e. The number of nitrogens with zero attached hydrogens (tertiary/aromatic N) is 1. The molecule has 1 heterocycles. The smallest absolute Gasteiger partial charge is 0.349 e. The average molecular weight is 300 g/mol. The Morgan fingerprint density at radius 3 is 2.52 bits per heavy atom. The summed E-state index contributed by atoms with van der Waals surface area (Å²) in [6.45, 7) is 3.51. The minimum atomic E-state index is -4.49. The van der Waals surface area contributed by atoms with E-state index in [0.29, 0.717) is 5.92 Å². The van der Waals surface area contributed by atoms with Crippen molar-refractivity contribution in [2.24, 2.45) is 5.92 Å². The highest BCUT2D eigenvalue weighted by atomic mass is 19.4. The summed E-state index contributed by atoms with van der Waals surface area (Å²) >= 11 is 0. The van der Waals surface area contributed by atoms with Crippen LogP contribution in [-0.4, -0.2) is 16.9 Å². The third kappa shape index (κ3) is 3.74. The predicted octanol–water partition coefficient (Wildman–Crippen LogP) is 3.72. The van der Waals surface area contributed by atoms with Gasteiger partial charge in [0.1, 0.15) is 5.69 Å². The highest BCUT2D eigenvalue weighted by molar-refractivity contribution is 5.95. The Hall–Kier alpha value is -1.59. The van der Waals surface area contributed by atoms with Crippen LogP contribution in [0.2, 0.25) is 0 Å². The Bertz CT molecular complexity index is 528. The molecule has 6 heteroatoms. The Morgan fingerprint density at radius 1 is 1.29 bits per heavy atom. The number of halogens is 3. The molecule has 116 valence electrons. The molecule has 1 aliphatic rings. The molecule has 0 spiro atoms. The van der Waals surface area contributed by atoms with Crippen LogP contribution < -0.4 is 5.32 Å². The van der Waals surface area contributed by atoms with E-state index in [1.54, 1.807) is 0 Å². The molecular formula is C15H19F3N2O. The van der Waals surface area contributed by atoms with E-state index in [0.717, 1.165) is 31.7 Å². The molecule has 0 aromatic carbocycles. The topological polar surface area (TPSA) is 42.0 Å². The van der Waals surface area contributed by atoms with Crippen LogP contribution in [0.4, 0.5) is 13.2 Å². The zero-order chi connectivity index (χ0) is 15.6. The summed E-state index contributed by atoms with van der Waals surface area (Å²) in [5.74, 6) is 0.0536. The number of hydrogen-bond acceptors (Lipinski definition) is 2. The lowest BCUT2D eigenvalue weighted by Crippen LogP contribution is -2.41. The number of aryl methyl sites for hydroxylation is 1. The van der Waals surface area contributed by atoms with Gasteiger partial charge in [-0.15, -0.1) is 0 Å². The number of hydrogen-bond donors (Lipinski definition) is 1. The molecule has 0 aliphatic heterocycles. The first-order valence-electron chi connectivity index (χ1n) is 7.14. The molecular weight excluding hydrogens is 281 g/mol. The van der Waals surface area contributed by atoms with Crippen LogP contribution >= 0.6 is 0 Å². The second-order valence-corrected chi connectivity index (χ2v) is 5.67. The quantitative estimate of drug-likeness (QED) is 0.904. The Morgan fingerprint density at radius 2 is 1.95 bits per heavy atom. The van der Waals surface area contributed by atoms with Gasteiger partial charge in [0.25, 0.3) is 5.91 Å². The van der Waals surface area contributed by atoms with Gasteiger partial charge in [0.05, 0.1) is 11.3 Å². The summed E-state index contributed by atoms with van der Waals surface area (Å²) < 4.78 is 37.7. The second-order valence-electron chi connectivity index (χ2n) is 5.67. The molecule has 1 fully saturated rings. The molecule has 3 nitrogen and oxygen atoms in total. The van der Waals surface area contributed by atoms with Crippen LogP contribution in [0.25, 0.3) is 0 Å². The molecule has 1 aromatic heterocycles. The van der Waals surface area contributed by atoms with E-state index in [-0.39, 0.29) is 23.2 Å². The summed E-state index contributed by atoms with van der Waals surface area (Å²) in [5, 5.41) is 2.92. The van der Waals surface area contributed by atoms with Crippen LogP contribution in [0.5, 0.6) is 0 Å². The maximum atomic E-state index is 12.6. The third-order valence-corrected chi connectivity index (χ3v) is 4.05. The van der Waals surface area contributed by atoms with Crippen molar-refractivity contribution in [3.63, 3.8) is 0 Å². The van der Waals surface area contributed by atoms with E-state index in [9.17, 15) is 18.0 Å².